The van der Waals surface area contributed by atoms with Crippen molar-refractivity contribution in [1.82, 2.24) is 14.0 Å². The highest BCUT2D eigenvalue weighted by Crippen LogP contribution is 2.18. The number of rotatable bonds is 5. The molecule has 8 heteroatoms. The lowest BCUT2D eigenvalue weighted by Crippen LogP contribution is -2.42. The van der Waals surface area contributed by atoms with E-state index in [1.54, 1.807) is 40.6 Å². The molecule has 0 unspecified atom stereocenters. The van der Waals surface area contributed by atoms with Gasteiger partial charge in [-0.2, -0.15) is 0 Å². The van der Waals surface area contributed by atoms with Crippen molar-refractivity contribution in [3.63, 3.8) is 0 Å². The number of likely N-dealkylation sites (N-methyl/N-ethyl adjacent to an activating group) is 1. The lowest BCUT2D eigenvalue weighted by molar-refractivity contribution is -0.131. The summed E-state index contributed by atoms with van der Waals surface area (Å²) < 4.78 is 2.85. The second kappa shape index (κ2) is 7.47. The van der Waals surface area contributed by atoms with Gasteiger partial charge in [-0.05, 0) is 43.5 Å². The van der Waals surface area contributed by atoms with Gasteiger partial charge in [0.25, 0.3) is 5.56 Å². The normalized spacial score (nSPS) is 11.0. The van der Waals surface area contributed by atoms with Crippen LogP contribution in [0.4, 0.5) is 0 Å². The molecule has 1 aromatic carbocycles. The number of nitrogens with zero attached hydrogens (tertiary/aromatic N) is 3. The molecule has 0 aliphatic rings. The van der Waals surface area contributed by atoms with E-state index in [2.05, 4.69) is 0 Å². The number of benzene rings is 1. The summed E-state index contributed by atoms with van der Waals surface area (Å²) in [5, 5.41) is 2.16. The van der Waals surface area contributed by atoms with E-state index in [0.717, 1.165) is 4.57 Å². The van der Waals surface area contributed by atoms with Crippen molar-refractivity contribution in [2.45, 2.75) is 20.4 Å². The van der Waals surface area contributed by atoms with Gasteiger partial charge in [-0.25, -0.2) is 9.36 Å². The first-order valence-corrected chi connectivity index (χ1v) is 9.50. The molecule has 0 bridgehead atoms. The number of hydrogen-bond donors (Lipinski definition) is 0. The van der Waals surface area contributed by atoms with Crippen LogP contribution in [0.5, 0.6) is 0 Å². The second-order valence-corrected chi connectivity index (χ2v) is 7.04. The fourth-order valence-electron chi connectivity index (χ4n) is 2.89. The summed E-state index contributed by atoms with van der Waals surface area (Å²) in [5.74, 6) is -0.166. The number of fused-ring (bicyclic) bond motifs is 1. The summed E-state index contributed by atoms with van der Waals surface area (Å²) in [7, 11) is 0. The maximum atomic E-state index is 13.1. The number of aromatic nitrogens is 2. The molecule has 2 aromatic heterocycles. The van der Waals surface area contributed by atoms with Gasteiger partial charge in [-0.3, -0.25) is 14.2 Å². The van der Waals surface area contributed by atoms with Crippen LogP contribution >= 0.6 is 22.9 Å². The van der Waals surface area contributed by atoms with Crippen molar-refractivity contribution >= 4 is 39.1 Å². The van der Waals surface area contributed by atoms with E-state index < -0.39 is 11.2 Å². The zero-order valence-corrected chi connectivity index (χ0v) is 16.0. The molecule has 0 N–H and O–H groups in total. The zero-order chi connectivity index (χ0) is 18.8. The number of hydrogen-bond acceptors (Lipinski definition) is 4. The van der Waals surface area contributed by atoms with E-state index in [0.29, 0.717) is 34.0 Å². The highest BCUT2D eigenvalue weighted by Gasteiger charge is 2.19. The van der Waals surface area contributed by atoms with Crippen molar-refractivity contribution in [2.24, 2.45) is 0 Å². The monoisotopic (exact) mass is 391 g/mol. The maximum absolute atomic E-state index is 13.1. The second-order valence-electron chi connectivity index (χ2n) is 5.69. The van der Waals surface area contributed by atoms with Crippen molar-refractivity contribution < 1.29 is 4.79 Å². The first-order valence-electron chi connectivity index (χ1n) is 8.24. The molecule has 0 fully saturated rings. The first-order chi connectivity index (χ1) is 12.5. The molecule has 0 radical (unpaired) electrons. The number of amides is 1. The van der Waals surface area contributed by atoms with E-state index in [1.807, 2.05) is 13.8 Å². The topological polar surface area (TPSA) is 64.3 Å². The van der Waals surface area contributed by atoms with Gasteiger partial charge in [0.2, 0.25) is 5.91 Å². The molecule has 136 valence electrons. The Hall–Kier alpha value is -2.38. The first kappa shape index (κ1) is 18.4. The van der Waals surface area contributed by atoms with Gasteiger partial charge in [0, 0.05) is 18.1 Å². The van der Waals surface area contributed by atoms with Crippen molar-refractivity contribution in [1.29, 1.82) is 0 Å². The van der Waals surface area contributed by atoms with Crippen LogP contribution in [-0.2, 0) is 11.3 Å². The number of carbonyl (C=O) groups excluding carboxylic acids is 1. The third-order valence-corrected chi connectivity index (χ3v) is 5.36. The van der Waals surface area contributed by atoms with Gasteiger partial charge in [0.1, 0.15) is 11.2 Å². The molecule has 0 aliphatic carbocycles. The Labute approximate surface area is 158 Å². The highest BCUT2D eigenvalue weighted by atomic mass is 35.5. The van der Waals surface area contributed by atoms with E-state index in [4.69, 9.17) is 11.6 Å². The Morgan fingerprint density at radius 1 is 1.19 bits per heavy atom. The van der Waals surface area contributed by atoms with Gasteiger partial charge in [-0.1, -0.05) is 17.7 Å². The summed E-state index contributed by atoms with van der Waals surface area (Å²) in [4.78, 5) is 40.1. The van der Waals surface area contributed by atoms with Crippen LogP contribution in [0.25, 0.3) is 15.9 Å². The minimum absolute atomic E-state index is 0.116. The molecule has 26 heavy (non-hydrogen) atoms. The summed E-state index contributed by atoms with van der Waals surface area (Å²) in [6, 6.07) is 8.24. The van der Waals surface area contributed by atoms with Crippen LogP contribution in [0, 0.1) is 0 Å². The number of thiophene rings is 1. The SMILES string of the molecule is CCN(CC)C(=O)Cn1c(=O)n(-c2cccc(Cl)c2)c(=O)c2sccc21. The predicted octanol–water partition coefficient (Wildman–Crippen LogP) is 2.74. The van der Waals surface area contributed by atoms with Crippen molar-refractivity contribution in [3.05, 3.63) is 61.6 Å². The minimum Gasteiger partial charge on any atom is -0.342 e. The lowest BCUT2D eigenvalue weighted by Gasteiger charge is -2.20. The Morgan fingerprint density at radius 2 is 1.92 bits per heavy atom. The summed E-state index contributed by atoms with van der Waals surface area (Å²) in [6.45, 7) is 4.78. The van der Waals surface area contributed by atoms with Gasteiger partial charge in [0.15, 0.2) is 0 Å². The van der Waals surface area contributed by atoms with Gasteiger partial charge in [-0.15, -0.1) is 11.3 Å². The van der Waals surface area contributed by atoms with E-state index in [9.17, 15) is 14.4 Å². The summed E-state index contributed by atoms with van der Waals surface area (Å²) in [5.41, 5.74) is -0.104. The Morgan fingerprint density at radius 3 is 2.58 bits per heavy atom. The quantitative estimate of drug-likeness (QED) is 0.671. The Balaban J connectivity index is 2.24. The molecule has 0 saturated carbocycles. The minimum atomic E-state index is -0.552. The zero-order valence-electron chi connectivity index (χ0n) is 14.4. The molecule has 0 spiro atoms. The molecule has 2 heterocycles. The summed E-state index contributed by atoms with van der Waals surface area (Å²) >= 11 is 7.26. The van der Waals surface area contributed by atoms with E-state index >= 15 is 0 Å². The fraction of sp³-hybridized carbons (Fsp3) is 0.278. The molecular formula is C18H18ClN3O3S. The third-order valence-electron chi connectivity index (χ3n) is 4.23. The molecular weight excluding hydrogens is 374 g/mol. The van der Waals surface area contributed by atoms with Crippen molar-refractivity contribution in [3.8, 4) is 5.69 Å². The molecule has 6 nitrogen and oxygen atoms in total. The maximum Gasteiger partial charge on any atom is 0.336 e. The fourth-order valence-corrected chi connectivity index (χ4v) is 3.90. The summed E-state index contributed by atoms with van der Waals surface area (Å²) in [6.07, 6.45) is 0. The molecule has 3 rings (SSSR count). The van der Waals surface area contributed by atoms with Gasteiger partial charge < -0.3 is 4.90 Å². The van der Waals surface area contributed by atoms with E-state index in [1.165, 1.54) is 15.9 Å². The smallest absolute Gasteiger partial charge is 0.336 e. The lowest BCUT2D eigenvalue weighted by atomic mass is 10.3. The standard InChI is InChI=1S/C18H18ClN3O3S/c1-3-20(4-2)15(23)11-21-14-8-9-26-16(14)17(24)22(18(21)25)13-7-5-6-12(19)10-13/h5-10H,3-4,11H2,1-2H3. The Bertz CT molecular complexity index is 1080. The molecule has 1 amide bonds. The Kier molecular flexibility index (Phi) is 5.29. The van der Waals surface area contributed by atoms with Crippen LogP contribution < -0.4 is 11.2 Å². The van der Waals surface area contributed by atoms with Crippen LogP contribution in [0.15, 0.2) is 45.3 Å². The third kappa shape index (κ3) is 3.20. The molecule has 0 aliphatic heterocycles. The van der Waals surface area contributed by atoms with Gasteiger partial charge in [0.05, 0.1) is 11.2 Å². The molecule has 0 saturated heterocycles. The number of carbonyl (C=O) groups is 1. The predicted molar refractivity (Wildman–Crippen MR) is 105 cm³/mol. The van der Waals surface area contributed by atoms with E-state index in [-0.39, 0.29) is 12.5 Å². The highest BCUT2D eigenvalue weighted by molar-refractivity contribution is 7.17. The largest absolute Gasteiger partial charge is 0.342 e. The average Bonchev–Trinajstić information content (AvgIpc) is 3.10. The van der Waals surface area contributed by atoms with Crippen molar-refractivity contribution in [2.75, 3.05) is 13.1 Å². The van der Waals surface area contributed by atoms with Crippen LogP contribution in [0.2, 0.25) is 5.02 Å². The number of halogens is 1. The van der Waals surface area contributed by atoms with Crippen LogP contribution in [0.3, 0.4) is 0 Å². The average molecular weight is 392 g/mol. The van der Waals surface area contributed by atoms with Gasteiger partial charge >= 0.3 is 5.69 Å². The molecule has 3 aromatic rings. The van der Waals surface area contributed by atoms with Crippen LogP contribution in [-0.4, -0.2) is 33.0 Å². The van der Waals surface area contributed by atoms with Crippen LogP contribution in [0.1, 0.15) is 13.8 Å². The molecule has 0 atom stereocenters.